The average Bonchev–Trinajstić information content (AvgIpc) is 3.40. The van der Waals surface area contributed by atoms with Crippen LogP contribution in [0.3, 0.4) is 0 Å². The van der Waals surface area contributed by atoms with Crippen molar-refractivity contribution in [2.45, 2.75) is 24.7 Å². The minimum absolute atomic E-state index is 0.0387. The molecule has 0 saturated heterocycles. The summed E-state index contributed by atoms with van der Waals surface area (Å²) in [6.45, 7) is 2.09. The van der Waals surface area contributed by atoms with E-state index in [2.05, 4.69) is 94.9 Å². The number of hydrogen-bond acceptors (Lipinski definition) is 2. The van der Waals surface area contributed by atoms with Gasteiger partial charge in [-0.15, -0.1) is 0 Å². The van der Waals surface area contributed by atoms with E-state index in [1.54, 1.807) is 7.11 Å². The van der Waals surface area contributed by atoms with Crippen LogP contribution in [0.2, 0.25) is 0 Å². The molecular formula is C30H24BrNO2. The van der Waals surface area contributed by atoms with Crippen LogP contribution < -0.4 is 10.1 Å². The lowest BCUT2D eigenvalue weighted by Gasteiger charge is -2.36. The van der Waals surface area contributed by atoms with Gasteiger partial charge in [0.1, 0.15) is 5.75 Å². The summed E-state index contributed by atoms with van der Waals surface area (Å²) in [4.78, 5) is 13.7. The van der Waals surface area contributed by atoms with E-state index >= 15 is 0 Å². The Morgan fingerprint density at radius 2 is 1.79 bits per heavy atom. The number of rotatable bonds is 4. The Morgan fingerprint density at radius 1 is 1.00 bits per heavy atom. The highest BCUT2D eigenvalue weighted by Gasteiger charge is 2.51. The molecule has 1 amide bonds. The molecule has 168 valence electrons. The third kappa shape index (κ3) is 2.98. The van der Waals surface area contributed by atoms with Gasteiger partial charge in [-0.1, -0.05) is 82.7 Å². The van der Waals surface area contributed by atoms with Gasteiger partial charge in [0.25, 0.3) is 0 Å². The molecule has 2 aliphatic rings. The van der Waals surface area contributed by atoms with Crippen LogP contribution >= 0.6 is 15.9 Å². The number of hydrogen-bond donors (Lipinski definition) is 1. The first-order chi connectivity index (χ1) is 16.5. The van der Waals surface area contributed by atoms with Gasteiger partial charge >= 0.3 is 0 Å². The number of fused-ring (bicyclic) bond motifs is 3. The summed E-state index contributed by atoms with van der Waals surface area (Å²) in [5.41, 5.74) is 5.99. The summed E-state index contributed by atoms with van der Waals surface area (Å²) < 4.78 is 6.88. The van der Waals surface area contributed by atoms with Crippen molar-refractivity contribution in [2.75, 3.05) is 12.4 Å². The lowest BCUT2D eigenvalue weighted by Crippen LogP contribution is -2.37. The Labute approximate surface area is 207 Å². The molecule has 0 fully saturated rings. The second-order valence-electron chi connectivity index (χ2n) is 9.16. The van der Waals surface area contributed by atoms with E-state index in [1.165, 1.54) is 10.9 Å². The SMILES string of the molecule is COc1ccc2ccccc2c1CC1(C2C(=O)Nc3ccc(Br)c(C)c32)C=Cc2ccccc21. The number of benzene rings is 4. The third-order valence-corrected chi connectivity index (χ3v) is 8.34. The number of amides is 1. The van der Waals surface area contributed by atoms with E-state index in [9.17, 15) is 4.79 Å². The summed E-state index contributed by atoms with van der Waals surface area (Å²) in [6, 6.07) is 25.0. The molecule has 2 unspecified atom stereocenters. The van der Waals surface area contributed by atoms with Crippen LogP contribution in [0.4, 0.5) is 5.69 Å². The number of methoxy groups -OCH3 is 1. The molecule has 4 heteroatoms. The Bertz CT molecular complexity index is 1510. The van der Waals surface area contributed by atoms with Gasteiger partial charge in [-0.05, 0) is 64.6 Å². The number of allylic oxidation sites excluding steroid dienone is 1. The second kappa shape index (κ2) is 7.85. The Balaban J connectivity index is 1.64. The van der Waals surface area contributed by atoms with Crippen LogP contribution in [0.1, 0.15) is 33.7 Å². The number of anilines is 1. The lowest BCUT2D eigenvalue weighted by molar-refractivity contribution is -0.118. The van der Waals surface area contributed by atoms with E-state index in [0.29, 0.717) is 6.42 Å². The van der Waals surface area contributed by atoms with Crippen molar-refractivity contribution >= 4 is 44.4 Å². The van der Waals surface area contributed by atoms with Gasteiger partial charge in [0, 0.05) is 21.1 Å². The molecule has 6 rings (SSSR count). The van der Waals surface area contributed by atoms with Crippen LogP contribution in [0.25, 0.3) is 16.8 Å². The number of nitrogens with one attached hydrogen (secondary N) is 1. The van der Waals surface area contributed by atoms with Crippen molar-refractivity contribution < 1.29 is 9.53 Å². The first-order valence-corrected chi connectivity index (χ1v) is 12.3. The fraction of sp³-hybridized carbons (Fsp3) is 0.167. The summed E-state index contributed by atoms with van der Waals surface area (Å²) in [5.74, 6) is 0.528. The molecule has 0 spiro atoms. The zero-order valence-electron chi connectivity index (χ0n) is 19.1. The van der Waals surface area contributed by atoms with Crippen molar-refractivity contribution in [1.29, 1.82) is 0 Å². The normalized spacial score (nSPS) is 20.3. The highest BCUT2D eigenvalue weighted by atomic mass is 79.9. The zero-order chi connectivity index (χ0) is 23.4. The summed E-state index contributed by atoms with van der Waals surface area (Å²) >= 11 is 3.70. The topological polar surface area (TPSA) is 38.3 Å². The second-order valence-corrected chi connectivity index (χ2v) is 10.0. The Hall–Kier alpha value is -3.37. The van der Waals surface area contributed by atoms with Crippen molar-refractivity contribution in [3.05, 3.63) is 111 Å². The molecular weight excluding hydrogens is 486 g/mol. The van der Waals surface area contributed by atoms with Crippen LogP contribution in [-0.2, 0) is 16.6 Å². The first-order valence-electron chi connectivity index (χ1n) is 11.5. The van der Waals surface area contributed by atoms with Crippen LogP contribution in [0.15, 0.2) is 83.3 Å². The summed E-state index contributed by atoms with van der Waals surface area (Å²) in [5, 5.41) is 5.50. The smallest absolute Gasteiger partial charge is 0.233 e. The van der Waals surface area contributed by atoms with Crippen molar-refractivity contribution in [3.8, 4) is 5.75 Å². The molecule has 1 aliphatic heterocycles. The first kappa shape index (κ1) is 21.2. The van der Waals surface area contributed by atoms with Gasteiger partial charge in [0.15, 0.2) is 0 Å². The van der Waals surface area contributed by atoms with E-state index in [-0.39, 0.29) is 11.8 Å². The quantitative estimate of drug-likeness (QED) is 0.316. The summed E-state index contributed by atoms with van der Waals surface area (Å²) in [6.07, 6.45) is 5.07. The number of ether oxygens (including phenoxy) is 1. The molecule has 4 aromatic rings. The molecule has 0 bridgehead atoms. The maximum absolute atomic E-state index is 13.7. The van der Waals surface area contributed by atoms with Gasteiger partial charge in [0.2, 0.25) is 5.91 Å². The van der Waals surface area contributed by atoms with Gasteiger partial charge in [0.05, 0.1) is 13.0 Å². The Morgan fingerprint density at radius 3 is 2.65 bits per heavy atom. The van der Waals surface area contributed by atoms with E-state index in [4.69, 9.17) is 4.74 Å². The predicted octanol–water partition coefficient (Wildman–Crippen LogP) is 7.16. The standard InChI is InChI=1S/C30H24BrNO2/c1-18-24(31)12-13-25-27(18)28(29(33)32-25)30(16-15-20-8-4-6-10-23(20)30)17-22-21-9-5-3-7-19(21)11-14-26(22)34-2/h3-16,28H,17H2,1-2H3,(H,32,33). The predicted molar refractivity (Wildman–Crippen MR) is 142 cm³/mol. The fourth-order valence-corrected chi connectivity index (χ4v) is 6.24. The van der Waals surface area contributed by atoms with E-state index < -0.39 is 5.41 Å². The van der Waals surface area contributed by atoms with E-state index in [1.807, 2.05) is 18.2 Å². The monoisotopic (exact) mass is 509 g/mol. The molecule has 1 N–H and O–H groups in total. The summed E-state index contributed by atoms with van der Waals surface area (Å²) in [7, 11) is 1.72. The van der Waals surface area contributed by atoms with Crippen molar-refractivity contribution in [1.82, 2.24) is 0 Å². The van der Waals surface area contributed by atoms with Crippen molar-refractivity contribution in [3.63, 3.8) is 0 Å². The third-order valence-electron chi connectivity index (χ3n) is 7.48. The largest absolute Gasteiger partial charge is 0.496 e. The number of carbonyl (C=O) groups is 1. The maximum Gasteiger partial charge on any atom is 0.233 e. The number of halogens is 1. The van der Waals surface area contributed by atoms with Gasteiger partial charge in [-0.3, -0.25) is 4.79 Å². The highest BCUT2D eigenvalue weighted by Crippen LogP contribution is 2.55. The molecule has 0 saturated carbocycles. The molecule has 3 nitrogen and oxygen atoms in total. The average molecular weight is 510 g/mol. The lowest BCUT2D eigenvalue weighted by atomic mass is 9.65. The van der Waals surface area contributed by atoms with Crippen molar-refractivity contribution in [2.24, 2.45) is 0 Å². The molecule has 34 heavy (non-hydrogen) atoms. The molecule has 4 aromatic carbocycles. The van der Waals surface area contributed by atoms with Crippen LogP contribution in [-0.4, -0.2) is 13.0 Å². The molecule has 0 radical (unpaired) electrons. The molecule has 0 aromatic heterocycles. The van der Waals surface area contributed by atoms with Gasteiger partial charge in [-0.25, -0.2) is 0 Å². The van der Waals surface area contributed by atoms with Gasteiger partial charge < -0.3 is 10.1 Å². The van der Waals surface area contributed by atoms with Gasteiger partial charge in [-0.2, -0.15) is 0 Å². The number of carbonyl (C=O) groups excluding carboxylic acids is 1. The minimum Gasteiger partial charge on any atom is -0.496 e. The highest BCUT2D eigenvalue weighted by molar-refractivity contribution is 9.10. The fourth-order valence-electron chi connectivity index (χ4n) is 5.89. The minimum atomic E-state index is -0.547. The zero-order valence-corrected chi connectivity index (χ0v) is 20.6. The van der Waals surface area contributed by atoms with Crippen LogP contribution in [0, 0.1) is 6.92 Å². The maximum atomic E-state index is 13.7. The molecule has 1 aliphatic carbocycles. The Kier molecular flexibility index (Phi) is 4.89. The molecule has 2 atom stereocenters. The van der Waals surface area contributed by atoms with E-state index in [0.717, 1.165) is 43.5 Å². The molecule has 1 heterocycles. The van der Waals surface area contributed by atoms with Crippen LogP contribution in [0.5, 0.6) is 5.75 Å².